The molecule has 0 aliphatic carbocycles. The van der Waals surface area contributed by atoms with Gasteiger partial charge in [-0.2, -0.15) is 0 Å². The zero-order chi connectivity index (χ0) is 33.0. The number of nitrogens with zero attached hydrogens (tertiary/aromatic N) is 1. The van der Waals surface area contributed by atoms with Crippen molar-refractivity contribution < 1.29 is 23.9 Å². The zero-order valence-corrected chi connectivity index (χ0v) is 28.1. The molecule has 0 unspecified atom stereocenters. The molecule has 0 saturated heterocycles. The highest BCUT2D eigenvalue weighted by Crippen LogP contribution is 2.27. The summed E-state index contributed by atoms with van der Waals surface area (Å²) in [6.07, 6.45) is 7.25. The van der Waals surface area contributed by atoms with E-state index in [9.17, 15) is 14.4 Å². The number of aryl methyl sites for hydroxylation is 5. The molecule has 1 aromatic heterocycles. The van der Waals surface area contributed by atoms with Gasteiger partial charge in [0, 0.05) is 33.0 Å². The molecule has 0 saturated carbocycles. The van der Waals surface area contributed by atoms with Gasteiger partial charge in [0.15, 0.2) is 5.76 Å². The van der Waals surface area contributed by atoms with E-state index in [2.05, 4.69) is 78.3 Å². The van der Waals surface area contributed by atoms with Gasteiger partial charge in [0.25, 0.3) is 0 Å². The third-order valence-electron chi connectivity index (χ3n) is 8.41. The van der Waals surface area contributed by atoms with Crippen molar-refractivity contribution in [1.82, 2.24) is 9.88 Å². The topological polar surface area (TPSA) is 86.6 Å². The summed E-state index contributed by atoms with van der Waals surface area (Å²) in [4.78, 5) is 36.8. The van der Waals surface area contributed by atoms with E-state index in [0.717, 1.165) is 36.2 Å². The molecule has 0 radical (unpaired) electrons. The smallest absolute Gasteiger partial charge is 0.311 e. The maximum atomic E-state index is 13.1. The van der Waals surface area contributed by atoms with E-state index in [0.29, 0.717) is 37.9 Å². The Hall–Kier alpha value is -4.13. The quantitative estimate of drug-likeness (QED) is 0.135. The number of hydrogen-bond donors (Lipinski definition) is 1. The first-order valence-electron chi connectivity index (χ1n) is 16.0. The lowest BCUT2D eigenvalue weighted by molar-refractivity contribution is -0.144. The number of carbonyl (C=O) groups is 3. The van der Waals surface area contributed by atoms with E-state index in [4.69, 9.17) is 9.47 Å². The molecule has 1 heterocycles. The molecule has 3 aromatic rings. The van der Waals surface area contributed by atoms with E-state index in [-0.39, 0.29) is 24.5 Å². The minimum atomic E-state index is -0.676. The van der Waals surface area contributed by atoms with Crippen molar-refractivity contribution in [1.29, 1.82) is 0 Å². The van der Waals surface area contributed by atoms with Crippen LogP contribution in [0.2, 0.25) is 0 Å². The lowest BCUT2D eigenvalue weighted by Gasteiger charge is -2.33. The highest BCUT2D eigenvalue weighted by molar-refractivity contribution is 5.78. The molecule has 3 rings (SSSR count). The van der Waals surface area contributed by atoms with Gasteiger partial charge in [-0.05, 0) is 94.5 Å². The molecule has 45 heavy (non-hydrogen) atoms. The number of nitrogens with one attached hydrogen (secondary N) is 1. The van der Waals surface area contributed by atoms with Crippen LogP contribution < -0.4 is 5.32 Å². The molecule has 7 heteroatoms. The van der Waals surface area contributed by atoms with Crippen LogP contribution in [0, 0.1) is 20.8 Å². The lowest BCUT2D eigenvalue weighted by atomic mass is 9.89. The monoisotopic (exact) mass is 614 g/mol. The molecular weight excluding hydrogens is 564 g/mol. The minimum Gasteiger partial charge on any atom is -0.463 e. The highest BCUT2D eigenvalue weighted by atomic mass is 16.5. The Morgan fingerprint density at radius 1 is 0.889 bits per heavy atom. The Morgan fingerprint density at radius 2 is 1.49 bits per heavy atom. The molecule has 0 fully saturated rings. The van der Waals surface area contributed by atoms with Gasteiger partial charge in [-0.1, -0.05) is 66.6 Å². The van der Waals surface area contributed by atoms with Gasteiger partial charge < -0.3 is 19.4 Å². The summed E-state index contributed by atoms with van der Waals surface area (Å²) in [5.41, 5.74) is 7.16. The number of ether oxygens (including phenoxy) is 2. The molecule has 7 nitrogen and oxygen atoms in total. The maximum absolute atomic E-state index is 13.1. The van der Waals surface area contributed by atoms with Crippen molar-refractivity contribution in [3.63, 3.8) is 0 Å². The van der Waals surface area contributed by atoms with Gasteiger partial charge in [0.05, 0.1) is 11.2 Å². The number of amides is 1. The average Bonchev–Trinajstić information content (AvgIpc) is 3.28. The third-order valence-corrected chi connectivity index (χ3v) is 8.41. The van der Waals surface area contributed by atoms with Crippen LogP contribution in [0.4, 0.5) is 0 Å². The van der Waals surface area contributed by atoms with Crippen molar-refractivity contribution >= 4 is 23.6 Å². The predicted octanol–water partition coefficient (Wildman–Crippen LogP) is 7.27. The highest BCUT2D eigenvalue weighted by Gasteiger charge is 2.31. The van der Waals surface area contributed by atoms with E-state index >= 15 is 0 Å². The summed E-state index contributed by atoms with van der Waals surface area (Å²) >= 11 is 0. The van der Waals surface area contributed by atoms with Gasteiger partial charge in [0.1, 0.15) is 6.61 Å². The molecule has 242 valence electrons. The second-order valence-electron chi connectivity index (χ2n) is 12.2. The fourth-order valence-corrected chi connectivity index (χ4v) is 5.59. The number of benzene rings is 2. The number of hydrogen-bond acceptors (Lipinski definition) is 5. The first-order valence-corrected chi connectivity index (χ1v) is 16.0. The maximum Gasteiger partial charge on any atom is 0.311 e. The average molecular weight is 615 g/mol. The summed E-state index contributed by atoms with van der Waals surface area (Å²) < 4.78 is 13.5. The minimum absolute atomic E-state index is 0.110. The van der Waals surface area contributed by atoms with Crippen molar-refractivity contribution in [2.45, 2.75) is 98.4 Å². The number of allylic oxidation sites excluding steroid dienone is 1. The molecule has 1 atom stereocenters. The molecule has 1 N–H and O–H groups in total. The molecule has 0 bridgehead atoms. The summed E-state index contributed by atoms with van der Waals surface area (Å²) in [6, 6.07) is 19.0. The lowest BCUT2D eigenvalue weighted by Crippen LogP contribution is -2.51. The SMILES string of the molecule is CC[C@@](CCc1c(C)cc(C(=CCCc2ccc(C)cc2)OC(=O)CCCc2ccc(C)cc2)n1C)(COC(C)=O)NC(C)=O. The molecule has 0 aliphatic rings. The number of aromatic nitrogens is 1. The van der Waals surface area contributed by atoms with E-state index in [1.807, 2.05) is 27.0 Å². The second-order valence-corrected chi connectivity index (χ2v) is 12.2. The van der Waals surface area contributed by atoms with Crippen LogP contribution in [-0.4, -0.2) is 34.6 Å². The van der Waals surface area contributed by atoms with Crippen molar-refractivity contribution in [2.24, 2.45) is 7.05 Å². The first-order chi connectivity index (χ1) is 21.4. The molecular formula is C38H50N2O5. The van der Waals surface area contributed by atoms with E-state index in [1.54, 1.807) is 0 Å². The zero-order valence-electron chi connectivity index (χ0n) is 28.1. The van der Waals surface area contributed by atoms with Gasteiger partial charge in [-0.15, -0.1) is 0 Å². The van der Waals surface area contributed by atoms with Crippen LogP contribution in [0.25, 0.3) is 5.76 Å². The van der Waals surface area contributed by atoms with Crippen LogP contribution in [0.3, 0.4) is 0 Å². The molecule has 2 aromatic carbocycles. The van der Waals surface area contributed by atoms with Crippen molar-refractivity contribution in [3.8, 4) is 0 Å². The first kappa shape index (κ1) is 35.4. The number of carbonyl (C=O) groups excluding carboxylic acids is 3. The Bertz CT molecular complexity index is 1470. The van der Waals surface area contributed by atoms with Gasteiger partial charge >= 0.3 is 11.9 Å². The van der Waals surface area contributed by atoms with Crippen LogP contribution in [-0.2, 0) is 50.2 Å². The summed E-state index contributed by atoms with van der Waals surface area (Å²) in [5.74, 6) is -0.234. The van der Waals surface area contributed by atoms with Crippen LogP contribution in [0.5, 0.6) is 0 Å². The predicted molar refractivity (Wildman–Crippen MR) is 180 cm³/mol. The van der Waals surface area contributed by atoms with Crippen LogP contribution in [0.1, 0.15) is 92.1 Å². The van der Waals surface area contributed by atoms with Crippen molar-refractivity contribution in [2.75, 3.05) is 6.61 Å². The molecule has 0 spiro atoms. The summed E-state index contributed by atoms with van der Waals surface area (Å²) in [7, 11) is 1.98. The Kier molecular flexibility index (Phi) is 13.2. The van der Waals surface area contributed by atoms with E-state index < -0.39 is 5.54 Å². The number of esters is 2. The largest absolute Gasteiger partial charge is 0.463 e. The fraction of sp³-hybridized carbons (Fsp3) is 0.447. The van der Waals surface area contributed by atoms with Crippen LogP contribution >= 0.6 is 0 Å². The Labute approximate surface area is 269 Å². The second kappa shape index (κ2) is 16.8. The van der Waals surface area contributed by atoms with Crippen molar-refractivity contribution in [3.05, 3.63) is 99.9 Å². The van der Waals surface area contributed by atoms with E-state index in [1.165, 1.54) is 36.1 Å². The van der Waals surface area contributed by atoms with Gasteiger partial charge in [-0.3, -0.25) is 14.4 Å². The number of rotatable bonds is 16. The third kappa shape index (κ3) is 11.1. The Balaban J connectivity index is 1.80. The molecule has 1 amide bonds. The van der Waals surface area contributed by atoms with Crippen LogP contribution in [0.15, 0.2) is 60.7 Å². The normalized spacial score (nSPS) is 12.8. The van der Waals surface area contributed by atoms with Gasteiger partial charge in [0.2, 0.25) is 5.91 Å². The van der Waals surface area contributed by atoms with Gasteiger partial charge in [-0.25, -0.2) is 0 Å². The molecule has 0 aliphatic heterocycles. The standard InChI is InChI=1S/C38H50N2O5/c1-8-38(39-30(5)41,26-44-31(6)42)24-23-34-29(4)25-35(40(34)7)36(13-9-11-32-19-15-27(2)16-20-32)45-37(43)14-10-12-33-21-17-28(3)18-22-33/h13,15-22,25H,8-12,14,23-24,26H2,1-7H3,(H,39,41)/t38-/m1/s1. The fourth-order valence-electron chi connectivity index (χ4n) is 5.59. The summed E-state index contributed by atoms with van der Waals surface area (Å²) in [5, 5.41) is 3.04. The Morgan fingerprint density at radius 3 is 2.04 bits per heavy atom. The summed E-state index contributed by atoms with van der Waals surface area (Å²) in [6.45, 7) is 11.1.